The van der Waals surface area contributed by atoms with Crippen molar-refractivity contribution in [3.05, 3.63) is 78.0 Å². The number of carbonyl (C=O) groups is 1. The van der Waals surface area contributed by atoms with Crippen LogP contribution in [0.3, 0.4) is 0 Å². The molecular formula is C32H37N3O2. The molecule has 0 unspecified atom stereocenters. The van der Waals surface area contributed by atoms with Gasteiger partial charge in [-0.2, -0.15) is 0 Å². The zero-order valence-corrected chi connectivity index (χ0v) is 21.9. The number of carbonyl (C=O) groups excluding carboxylic acids is 1. The topological polar surface area (TPSA) is 37.7 Å². The number of piperidine rings is 1. The average Bonchev–Trinajstić information content (AvgIpc) is 3.60. The second-order valence-electron chi connectivity index (χ2n) is 10.7. The number of aromatic nitrogens is 1. The Morgan fingerprint density at radius 1 is 0.892 bits per heavy atom. The number of hydrogen-bond acceptors (Lipinski definition) is 3. The van der Waals surface area contributed by atoms with Crippen LogP contribution in [0.1, 0.15) is 54.1 Å². The quantitative estimate of drug-likeness (QED) is 0.286. The summed E-state index contributed by atoms with van der Waals surface area (Å²) >= 11 is 0. The monoisotopic (exact) mass is 495 g/mol. The van der Waals surface area contributed by atoms with Crippen molar-refractivity contribution in [2.45, 2.75) is 38.0 Å². The van der Waals surface area contributed by atoms with Crippen LogP contribution < -0.4 is 4.74 Å². The molecule has 0 atom stereocenters. The molecule has 3 heterocycles. The number of hydrogen-bond donors (Lipinski definition) is 0. The molecule has 0 saturated carbocycles. The Hall–Kier alpha value is -3.31. The van der Waals surface area contributed by atoms with Gasteiger partial charge in [-0.3, -0.25) is 4.79 Å². The van der Waals surface area contributed by atoms with Crippen LogP contribution in [0.25, 0.3) is 21.7 Å². The highest BCUT2D eigenvalue weighted by Gasteiger charge is 2.24. The fourth-order valence-corrected chi connectivity index (χ4v) is 6.17. The first kappa shape index (κ1) is 24.1. The molecule has 1 amide bonds. The summed E-state index contributed by atoms with van der Waals surface area (Å²) in [5, 5.41) is 3.70. The van der Waals surface area contributed by atoms with Gasteiger partial charge >= 0.3 is 0 Å². The highest BCUT2D eigenvalue weighted by Crippen LogP contribution is 2.31. The van der Waals surface area contributed by atoms with Gasteiger partial charge in [-0.15, -0.1) is 0 Å². The van der Waals surface area contributed by atoms with Crippen LogP contribution in [0, 0.1) is 0 Å². The lowest BCUT2D eigenvalue weighted by Crippen LogP contribution is -2.34. The summed E-state index contributed by atoms with van der Waals surface area (Å²) in [5.74, 6) is 1.67. The minimum absolute atomic E-state index is 0.134. The Kier molecular flexibility index (Phi) is 6.88. The molecule has 2 aliphatic rings. The number of amides is 1. The Labute approximate surface area is 219 Å². The minimum atomic E-state index is 0.134. The Morgan fingerprint density at radius 2 is 1.68 bits per heavy atom. The lowest BCUT2D eigenvalue weighted by Gasteiger charge is -2.32. The van der Waals surface area contributed by atoms with Crippen LogP contribution >= 0.6 is 0 Å². The fraction of sp³-hybridized carbons (Fsp3) is 0.406. The molecule has 2 saturated heterocycles. The van der Waals surface area contributed by atoms with E-state index >= 15 is 0 Å². The van der Waals surface area contributed by atoms with Gasteiger partial charge < -0.3 is 19.1 Å². The molecule has 2 aliphatic heterocycles. The zero-order chi connectivity index (χ0) is 25.2. The number of likely N-dealkylation sites (tertiary alicyclic amines) is 2. The molecular weight excluding hydrogens is 458 g/mol. The minimum Gasteiger partial charge on any atom is -0.493 e. The number of nitrogens with zero attached hydrogens (tertiary/aromatic N) is 3. The van der Waals surface area contributed by atoms with Gasteiger partial charge in [-0.1, -0.05) is 48.5 Å². The zero-order valence-electron chi connectivity index (χ0n) is 21.9. The molecule has 192 valence electrons. The van der Waals surface area contributed by atoms with Gasteiger partial charge in [0.15, 0.2) is 0 Å². The van der Waals surface area contributed by atoms with Crippen LogP contribution in [0.5, 0.6) is 5.75 Å². The summed E-state index contributed by atoms with van der Waals surface area (Å²) < 4.78 is 8.27. The first-order chi connectivity index (χ1) is 18.2. The van der Waals surface area contributed by atoms with Gasteiger partial charge in [0, 0.05) is 32.1 Å². The van der Waals surface area contributed by atoms with Gasteiger partial charge in [0.1, 0.15) is 11.4 Å². The Morgan fingerprint density at radius 3 is 2.49 bits per heavy atom. The van der Waals surface area contributed by atoms with E-state index in [2.05, 4.69) is 53.4 Å². The van der Waals surface area contributed by atoms with Crippen LogP contribution in [0.15, 0.2) is 66.7 Å². The second kappa shape index (κ2) is 10.6. The number of aryl methyl sites for hydroxylation is 1. The molecule has 3 aromatic carbocycles. The van der Waals surface area contributed by atoms with E-state index in [1.807, 2.05) is 34.7 Å². The van der Waals surface area contributed by atoms with Gasteiger partial charge in [0.25, 0.3) is 5.91 Å². The van der Waals surface area contributed by atoms with Gasteiger partial charge in [0.05, 0.1) is 12.1 Å². The highest BCUT2D eigenvalue weighted by molar-refractivity contribution is 6.00. The first-order valence-electron chi connectivity index (χ1n) is 13.9. The first-order valence-corrected chi connectivity index (χ1v) is 13.9. The van der Waals surface area contributed by atoms with Crippen molar-refractivity contribution in [1.82, 2.24) is 14.4 Å². The lowest BCUT2D eigenvalue weighted by molar-refractivity contribution is 0.0784. The molecule has 5 heteroatoms. The summed E-state index contributed by atoms with van der Waals surface area (Å²) in [5.41, 5.74) is 3.29. The summed E-state index contributed by atoms with van der Waals surface area (Å²) in [6, 6.07) is 23.8. The summed E-state index contributed by atoms with van der Waals surface area (Å²) in [7, 11) is 1.98. The van der Waals surface area contributed by atoms with E-state index in [4.69, 9.17) is 4.74 Å². The van der Waals surface area contributed by atoms with Crippen LogP contribution in [0.4, 0.5) is 0 Å². The molecule has 5 nitrogen and oxygen atoms in total. The smallest absolute Gasteiger partial charge is 0.270 e. The number of benzene rings is 3. The molecule has 6 rings (SSSR count). The standard InChI is InChI=1S/C32H37N3O2/c1-33-29-10-6-11-31(28(29)23-30(33)32(36)35-17-4-5-18-35)37-21-7-16-34-19-14-25(15-20-34)27-13-12-24-8-2-3-9-26(24)22-27/h2-3,6,8-13,22-23,25H,4-5,7,14-21H2,1H3. The van der Waals surface area contributed by atoms with E-state index in [1.54, 1.807) is 0 Å². The van der Waals surface area contributed by atoms with Gasteiger partial charge in [-0.05, 0) is 85.6 Å². The summed E-state index contributed by atoms with van der Waals surface area (Å²) in [6.45, 7) is 5.77. The SMILES string of the molecule is Cn1c(C(=O)N2CCCC2)cc2c(OCCCN3CCC(c4ccc5ccccc5c4)CC3)cccc21. The predicted molar refractivity (Wildman–Crippen MR) is 151 cm³/mol. The molecule has 4 aromatic rings. The van der Waals surface area contributed by atoms with Crippen molar-refractivity contribution < 1.29 is 9.53 Å². The molecule has 1 aromatic heterocycles. The van der Waals surface area contributed by atoms with Crippen LogP contribution in [-0.4, -0.2) is 59.6 Å². The Balaban J connectivity index is 1.02. The summed E-state index contributed by atoms with van der Waals surface area (Å²) in [4.78, 5) is 17.6. The van der Waals surface area contributed by atoms with Crippen LogP contribution in [-0.2, 0) is 7.05 Å². The highest BCUT2D eigenvalue weighted by atomic mass is 16.5. The van der Waals surface area contributed by atoms with Crippen molar-refractivity contribution in [1.29, 1.82) is 0 Å². The Bertz CT molecular complexity index is 1390. The van der Waals surface area contributed by atoms with Crippen molar-refractivity contribution >= 4 is 27.6 Å². The largest absolute Gasteiger partial charge is 0.493 e. The van der Waals surface area contributed by atoms with Gasteiger partial charge in [-0.25, -0.2) is 0 Å². The van der Waals surface area contributed by atoms with E-state index in [1.165, 1.54) is 29.2 Å². The molecule has 0 spiro atoms. The van der Waals surface area contributed by atoms with E-state index in [-0.39, 0.29) is 5.91 Å². The normalized spacial score (nSPS) is 17.2. The van der Waals surface area contributed by atoms with Crippen LogP contribution in [0.2, 0.25) is 0 Å². The number of fused-ring (bicyclic) bond motifs is 2. The number of ether oxygens (including phenoxy) is 1. The number of rotatable bonds is 7. The van der Waals surface area contributed by atoms with E-state index in [9.17, 15) is 4.79 Å². The molecule has 0 bridgehead atoms. The van der Waals surface area contributed by atoms with Gasteiger partial charge in [0.2, 0.25) is 0 Å². The molecule has 0 radical (unpaired) electrons. The molecule has 2 fully saturated rings. The van der Waals surface area contributed by atoms with Crippen molar-refractivity contribution in [3.63, 3.8) is 0 Å². The maximum Gasteiger partial charge on any atom is 0.270 e. The van der Waals surface area contributed by atoms with Crippen molar-refractivity contribution in [2.24, 2.45) is 7.05 Å². The lowest BCUT2D eigenvalue weighted by atomic mass is 9.88. The third kappa shape index (κ3) is 4.97. The maximum atomic E-state index is 13.0. The van der Waals surface area contributed by atoms with E-state index in [0.717, 1.165) is 74.3 Å². The molecule has 37 heavy (non-hydrogen) atoms. The second-order valence-corrected chi connectivity index (χ2v) is 10.7. The average molecular weight is 496 g/mol. The fourth-order valence-electron chi connectivity index (χ4n) is 6.17. The van der Waals surface area contributed by atoms with E-state index in [0.29, 0.717) is 12.5 Å². The van der Waals surface area contributed by atoms with E-state index < -0.39 is 0 Å². The molecule has 0 N–H and O–H groups in total. The van der Waals surface area contributed by atoms with Crippen molar-refractivity contribution in [2.75, 3.05) is 39.3 Å². The molecule has 0 aliphatic carbocycles. The third-order valence-corrected chi connectivity index (χ3v) is 8.37. The predicted octanol–water partition coefficient (Wildman–Crippen LogP) is 6.22. The van der Waals surface area contributed by atoms with Crippen molar-refractivity contribution in [3.8, 4) is 5.75 Å². The third-order valence-electron chi connectivity index (χ3n) is 8.37. The maximum absolute atomic E-state index is 13.0. The summed E-state index contributed by atoms with van der Waals surface area (Å²) in [6.07, 6.45) is 5.65.